The number of hydrogen-bond acceptors (Lipinski definition) is 2. The van der Waals surface area contributed by atoms with E-state index in [1.54, 1.807) is 7.11 Å². The van der Waals surface area contributed by atoms with Crippen LogP contribution in [0, 0.1) is 13.8 Å². The van der Waals surface area contributed by atoms with Gasteiger partial charge >= 0.3 is 0 Å². The zero-order valence-electron chi connectivity index (χ0n) is 12.6. The summed E-state index contributed by atoms with van der Waals surface area (Å²) in [5.41, 5.74) is 3.68. The molecule has 0 aliphatic rings. The lowest BCUT2D eigenvalue weighted by molar-refractivity contribution is -0.671. The molecule has 1 aromatic carbocycles. The van der Waals surface area contributed by atoms with Crippen LogP contribution in [-0.4, -0.2) is 23.4 Å². The van der Waals surface area contributed by atoms with Crippen molar-refractivity contribution in [3.63, 3.8) is 0 Å². The summed E-state index contributed by atoms with van der Waals surface area (Å²) < 4.78 is 7.25. The Hall–Kier alpha value is -1.81. The van der Waals surface area contributed by atoms with Gasteiger partial charge in [0.15, 0.2) is 0 Å². The number of methoxy groups -OCH3 is 1. The molecule has 0 amide bonds. The molecule has 2 rings (SSSR count). The van der Waals surface area contributed by atoms with Crippen LogP contribution in [0.2, 0.25) is 0 Å². The number of ether oxygens (including phenoxy) is 1. The lowest BCUT2D eigenvalue weighted by Gasteiger charge is -2.05. The first-order valence-corrected chi connectivity index (χ1v) is 7.14. The van der Waals surface area contributed by atoms with Crippen LogP contribution in [0.1, 0.15) is 23.4 Å². The molecule has 108 valence electrons. The van der Waals surface area contributed by atoms with Crippen LogP contribution in [-0.2, 0) is 13.1 Å². The first-order valence-electron chi connectivity index (χ1n) is 7.14. The van der Waals surface area contributed by atoms with Crippen molar-refractivity contribution in [3.8, 4) is 5.75 Å². The third-order valence-electron chi connectivity index (χ3n) is 3.42. The summed E-state index contributed by atoms with van der Waals surface area (Å²) in [5.74, 6) is 0.915. The van der Waals surface area contributed by atoms with Crippen LogP contribution in [0.15, 0.2) is 30.3 Å². The maximum Gasteiger partial charge on any atom is 0.118 e. The summed E-state index contributed by atoms with van der Waals surface area (Å²) in [5, 5.41) is 6.81. The molecule has 0 saturated heterocycles. The van der Waals surface area contributed by atoms with Crippen molar-refractivity contribution in [2.75, 3.05) is 13.7 Å². The second-order valence-corrected chi connectivity index (χ2v) is 5.13. The minimum absolute atomic E-state index is 0.915. The molecule has 0 atom stereocenters. The molecular formula is C16H24N3O+. The molecule has 2 aromatic rings. The molecule has 0 unspecified atom stereocenters. The van der Waals surface area contributed by atoms with Crippen molar-refractivity contribution in [1.82, 2.24) is 9.78 Å². The summed E-state index contributed by atoms with van der Waals surface area (Å²) in [4.78, 5) is 0. The second-order valence-electron chi connectivity index (χ2n) is 5.13. The van der Waals surface area contributed by atoms with Crippen LogP contribution in [0.4, 0.5) is 0 Å². The monoisotopic (exact) mass is 274 g/mol. The Morgan fingerprint density at radius 2 is 1.95 bits per heavy atom. The fourth-order valence-electron chi connectivity index (χ4n) is 2.32. The van der Waals surface area contributed by atoms with Gasteiger partial charge in [-0.3, -0.25) is 4.68 Å². The summed E-state index contributed by atoms with van der Waals surface area (Å²) >= 11 is 0. The van der Waals surface area contributed by atoms with E-state index < -0.39 is 0 Å². The molecule has 0 aliphatic heterocycles. The van der Waals surface area contributed by atoms with Gasteiger partial charge in [0.1, 0.15) is 12.3 Å². The molecule has 4 heteroatoms. The molecule has 0 aliphatic carbocycles. The van der Waals surface area contributed by atoms with Crippen LogP contribution in [0.5, 0.6) is 5.75 Å². The highest BCUT2D eigenvalue weighted by Gasteiger charge is 2.01. The highest BCUT2D eigenvalue weighted by atomic mass is 16.5. The molecule has 1 heterocycles. The molecule has 4 nitrogen and oxygen atoms in total. The van der Waals surface area contributed by atoms with E-state index in [0.29, 0.717) is 0 Å². The molecule has 0 bridgehead atoms. The van der Waals surface area contributed by atoms with E-state index in [-0.39, 0.29) is 0 Å². The first kappa shape index (κ1) is 14.6. The number of quaternary nitrogens is 1. The molecular weight excluding hydrogens is 250 g/mol. The van der Waals surface area contributed by atoms with E-state index >= 15 is 0 Å². The maximum absolute atomic E-state index is 5.15. The van der Waals surface area contributed by atoms with Crippen LogP contribution < -0.4 is 10.1 Å². The van der Waals surface area contributed by atoms with Crippen molar-refractivity contribution in [3.05, 3.63) is 47.3 Å². The van der Waals surface area contributed by atoms with Crippen molar-refractivity contribution in [1.29, 1.82) is 0 Å². The van der Waals surface area contributed by atoms with Crippen molar-refractivity contribution < 1.29 is 10.1 Å². The summed E-state index contributed by atoms with van der Waals surface area (Å²) in [6.07, 6.45) is 1.14. The van der Waals surface area contributed by atoms with Gasteiger partial charge in [-0.25, -0.2) is 0 Å². The highest BCUT2D eigenvalue weighted by molar-refractivity contribution is 5.26. The normalized spacial score (nSPS) is 10.8. The summed E-state index contributed by atoms with van der Waals surface area (Å²) in [6.45, 7) is 7.28. The minimum atomic E-state index is 0.915. The number of nitrogens with two attached hydrogens (primary N) is 1. The zero-order valence-corrected chi connectivity index (χ0v) is 12.6. The molecule has 20 heavy (non-hydrogen) atoms. The average Bonchev–Trinajstić information content (AvgIpc) is 2.77. The molecule has 2 N–H and O–H groups in total. The van der Waals surface area contributed by atoms with Gasteiger partial charge in [0, 0.05) is 24.2 Å². The van der Waals surface area contributed by atoms with Crippen LogP contribution >= 0.6 is 0 Å². The minimum Gasteiger partial charge on any atom is -0.497 e. The number of aromatic nitrogens is 2. The Bertz CT molecular complexity index is 531. The SMILES string of the molecule is COc1ccc(C[NH2+]CCCn2nc(C)cc2C)cc1. The predicted molar refractivity (Wildman–Crippen MR) is 79.8 cm³/mol. The quantitative estimate of drug-likeness (QED) is 0.780. The molecule has 0 radical (unpaired) electrons. The first-order chi connectivity index (χ1) is 9.69. The van der Waals surface area contributed by atoms with Gasteiger partial charge in [-0.15, -0.1) is 0 Å². The van der Waals surface area contributed by atoms with Gasteiger partial charge in [-0.2, -0.15) is 5.10 Å². The average molecular weight is 274 g/mol. The number of rotatable bonds is 7. The smallest absolute Gasteiger partial charge is 0.118 e. The van der Waals surface area contributed by atoms with Crippen LogP contribution in [0.25, 0.3) is 0 Å². The van der Waals surface area contributed by atoms with E-state index in [4.69, 9.17) is 4.74 Å². The lowest BCUT2D eigenvalue weighted by Crippen LogP contribution is -2.82. The fourth-order valence-corrected chi connectivity index (χ4v) is 2.32. The Kier molecular flexibility index (Phi) is 5.18. The van der Waals surface area contributed by atoms with Gasteiger partial charge in [-0.1, -0.05) is 0 Å². The van der Waals surface area contributed by atoms with E-state index in [1.807, 2.05) is 19.1 Å². The molecule has 1 aromatic heterocycles. The standard InChI is InChI=1S/C16H23N3O/c1-13-11-14(2)19(18-13)10-4-9-17-12-15-5-7-16(20-3)8-6-15/h5-8,11,17H,4,9-10,12H2,1-3H3/p+1. The van der Waals surface area contributed by atoms with Gasteiger partial charge < -0.3 is 10.1 Å². The Morgan fingerprint density at radius 1 is 1.20 bits per heavy atom. The Balaban J connectivity index is 1.67. The summed E-state index contributed by atoms with van der Waals surface area (Å²) in [6, 6.07) is 10.4. The van der Waals surface area contributed by atoms with E-state index in [0.717, 1.165) is 37.5 Å². The third kappa shape index (κ3) is 4.10. The van der Waals surface area contributed by atoms with E-state index in [1.165, 1.54) is 11.3 Å². The lowest BCUT2D eigenvalue weighted by atomic mass is 10.2. The van der Waals surface area contributed by atoms with E-state index in [9.17, 15) is 0 Å². The number of hydrogen-bond donors (Lipinski definition) is 1. The predicted octanol–water partition coefficient (Wildman–Crippen LogP) is 1.66. The fraction of sp³-hybridized carbons (Fsp3) is 0.438. The Labute approximate surface area is 120 Å². The van der Waals surface area contributed by atoms with Crippen molar-refractivity contribution >= 4 is 0 Å². The van der Waals surface area contributed by atoms with Crippen LogP contribution in [0.3, 0.4) is 0 Å². The molecule has 0 saturated carbocycles. The largest absolute Gasteiger partial charge is 0.497 e. The van der Waals surface area contributed by atoms with Gasteiger partial charge in [0.25, 0.3) is 0 Å². The number of nitrogens with zero attached hydrogens (tertiary/aromatic N) is 2. The third-order valence-corrected chi connectivity index (χ3v) is 3.42. The maximum atomic E-state index is 5.15. The van der Waals surface area contributed by atoms with Gasteiger partial charge in [0.05, 0.1) is 19.3 Å². The van der Waals surface area contributed by atoms with Crippen molar-refractivity contribution in [2.24, 2.45) is 0 Å². The van der Waals surface area contributed by atoms with E-state index in [2.05, 4.69) is 40.2 Å². The number of benzene rings is 1. The topological polar surface area (TPSA) is 43.7 Å². The second kappa shape index (κ2) is 7.10. The molecule has 0 spiro atoms. The summed E-state index contributed by atoms with van der Waals surface area (Å²) in [7, 11) is 1.69. The Morgan fingerprint density at radius 3 is 2.55 bits per heavy atom. The zero-order chi connectivity index (χ0) is 14.4. The highest BCUT2D eigenvalue weighted by Crippen LogP contribution is 2.10. The molecule has 0 fully saturated rings. The number of aryl methyl sites for hydroxylation is 3. The van der Waals surface area contributed by atoms with Crippen molar-refractivity contribution in [2.45, 2.75) is 33.4 Å². The van der Waals surface area contributed by atoms with Gasteiger partial charge in [0.2, 0.25) is 0 Å². The van der Waals surface area contributed by atoms with Gasteiger partial charge in [-0.05, 0) is 44.2 Å².